The molecule has 3 unspecified atom stereocenters. The first kappa shape index (κ1) is 33.8. The molecule has 3 aromatic rings. The molecule has 0 aliphatic carbocycles. The van der Waals surface area contributed by atoms with Crippen molar-refractivity contribution in [1.29, 1.82) is 0 Å². The second kappa shape index (κ2) is 14.2. The molecule has 0 saturated carbocycles. The Labute approximate surface area is 287 Å². The van der Waals surface area contributed by atoms with Gasteiger partial charge in [-0.2, -0.15) is 0 Å². The lowest BCUT2D eigenvalue weighted by Crippen LogP contribution is -2.57. The van der Waals surface area contributed by atoms with Gasteiger partial charge in [0, 0.05) is 42.9 Å². The molecule has 3 fully saturated rings. The van der Waals surface area contributed by atoms with Crippen LogP contribution < -0.4 is 14.5 Å². The lowest BCUT2D eigenvalue weighted by Gasteiger charge is -2.41. The molecular weight excluding hydrogens is 623 g/mol. The summed E-state index contributed by atoms with van der Waals surface area (Å²) in [5, 5.41) is 11.6. The third-order valence-electron chi connectivity index (χ3n) is 10.2. The average Bonchev–Trinajstić information content (AvgIpc) is 3.69. The lowest BCUT2D eigenvalue weighted by atomic mass is 9.65. The van der Waals surface area contributed by atoms with Gasteiger partial charge in [-0.25, -0.2) is 0 Å². The number of amides is 3. The molecule has 0 radical (unpaired) electrons. The smallest absolute Gasteiger partial charge is 0.251 e. The molecular formula is C39H45N3O5S. The normalized spacial score (nSPS) is 25.6. The van der Waals surface area contributed by atoms with Crippen LogP contribution in [0.25, 0.3) is 10.8 Å². The number of likely N-dealkylation sites (tertiary alicyclic amines) is 1. The number of nitrogens with zero attached hydrogens (tertiary/aromatic N) is 3. The minimum Gasteiger partial charge on any atom is -0.494 e. The van der Waals surface area contributed by atoms with Gasteiger partial charge in [-0.3, -0.25) is 14.4 Å². The van der Waals surface area contributed by atoms with Gasteiger partial charge in [0.15, 0.2) is 0 Å². The summed E-state index contributed by atoms with van der Waals surface area (Å²) < 4.78 is 4.85. The van der Waals surface area contributed by atoms with Crippen LogP contribution in [0.1, 0.15) is 33.1 Å². The third kappa shape index (κ3) is 5.71. The van der Waals surface area contributed by atoms with E-state index in [0.717, 1.165) is 28.6 Å². The number of benzene rings is 3. The van der Waals surface area contributed by atoms with E-state index in [4.69, 9.17) is 4.74 Å². The Hall–Kier alpha value is -4.08. The van der Waals surface area contributed by atoms with Crippen LogP contribution in [0.5, 0.6) is 5.75 Å². The van der Waals surface area contributed by atoms with Crippen LogP contribution in [0, 0.1) is 17.8 Å². The monoisotopic (exact) mass is 667 g/mol. The van der Waals surface area contributed by atoms with Crippen molar-refractivity contribution in [3.63, 3.8) is 0 Å². The molecule has 3 amide bonds. The van der Waals surface area contributed by atoms with Gasteiger partial charge < -0.3 is 24.5 Å². The number of aliphatic hydroxyl groups is 1. The molecule has 0 aromatic heterocycles. The number of ether oxygens (including phenoxy) is 1. The summed E-state index contributed by atoms with van der Waals surface area (Å²) in [7, 11) is 0. The van der Waals surface area contributed by atoms with E-state index in [1.807, 2.05) is 73.7 Å². The van der Waals surface area contributed by atoms with Crippen LogP contribution in [-0.2, 0) is 14.4 Å². The molecule has 3 saturated heterocycles. The summed E-state index contributed by atoms with van der Waals surface area (Å²) in [6, 6.07) is 20.7. The van der Waals surface area contributed by atoms with Gasteiger partial charge in [0.25, 0.3) is 5.91 Å². The van der Waals surface area contributed by atoms with Crippen molar-refractivity contribution in [3.8, 4) is 5.75 Å². The summed E-state index contributed by atoms with van der Waals surface area (Å²) in [6.07, 6.45) is 5.23. The molecule has 3 aromatic carbocycles. The van der Waals surface area contributed by atoms with E-state index in [1.54, 1.807) is 38.6 Å². The highest BCUT2D eigenvalue weighted by Gasteiger charge is 2.76. The van der Waals surface area contributed by atoms with Gasteiger partial charge in [0.2, 0.25) is 11.8 Å². The number of hydrogen-bond acceptors (Lipinski definition) is 6. The summed E-state index contributed by atoms with van der Waals surface area (Å²) in [5.74, 6) is -0.911. The Bertz CT molecular complexity index is 1690. The van der Waals surface area contributed by atoms with Crippen molar-refractivity contribution in [3.05, 3.63) is 92.0 Å². The van der Waals surface area contributed by atoms with E-state index in [9.17, 15) is 14.7 Å². The molecule has 6 atom stereocenters. The highest BCUT2D eigenvalue weighted by molar-refractivity contribution is 8.02. The predicted molar refractivity (Wildman–Crippen MR) is 193 cm³/mol. The standard InChI is InChI=1S/C39H45N3O5S/c1-5-20-40(29-16-18-31(19-17-29)47-7-3)36(44)33-32-24-26(4)39(48-32)34(33)37(45)42(22-10-11-23-43)35(39)38(46)41(21-6-2)30-15-14-27-12-8-9-13-28(27)25-30/h5-6,8-9,12-19,25-26,32-35,43H,1-2,7,10-11,20-24H2,3-4H3/t26?,32-,33+,34-,35?,39?/m0/s1. The highest BCUT2D eigenvalue weighted by atomic mass is 32.2. The Morgan fingerprint density at radius 1 is 0.979 bits per heavy atom. The molecule has 6 rings (SSSR count). The Balaban J connectivity index is 1.40. The number of aliphatic hydroxyl groups excluding tert-OH is 1. The van der Waals surface area contributed by atoms with Crippen LogP contribution in [-0.4, -0.2) is 76.6 Å². The number of carbonyl (C=O) groups excluding carboxylic acids is 3. The first-order valence-electron chi connectivity index (χ1n) is 17.0. The van der Waals surface area contributed by atoms with Crippen molar-refractivity contribution in [2.75, 3.05) is 42.6 Å². The zero-order valence-electron chi connectivity index (χ0n) is 27.8. The summed E-state index contributed by atoms with van der Waals surface area (Å²) in [5.41, 5.74) is 1.45. The van der Waals surface area contributed by atoms with Crippen molar-refractivity contribution in [2.45, 2.75) is 49.1 Å². The SMILES string of the molecule is C=CCN(C(=O)C1N(CCCCO)C(=O)[C@@H]2[C@H](C(=O)N(CC=C)c3ccc(OCC)cc3)[C@@H]3CC(C)C12S3)c1ccc2ccccc2c1. The van der Waals surface area contributed by atoms with Crippen molar-refractivity contribution < 1.29 is 24.2 Å². The second-order valence-corrected chi connectivity index (χ2v) is 14.5. The maximum absolute atomic E-state index is 15.1. The zero-order valence-corrected chi connectivity index (χ0v) is 28.6. The van der Waals surface area contributed by atoms with Crippen LogP contribution in [0.2, 0.25) is 0 Å². The van der Waals surface area contributed by atoms with Crippen LogP contribution in [0.3, 0.4) is 0 Å². The number of thioether (sulfide) groups is 1. The molecule has 3 heterocycles. The third-order valence-corrected chi connectivity index (χ3v) is 12.3. The van der Waals surface area contributed by atoms with E-state index in [0.29, 0.717) is 38.2 Å². The molecule has 2 bridgehead atoms. The maximum atomic E-state index is 15.1. The van der Waals surface area contributed by atoms with Gasteiger partial charge in [0.1, 0.15) is 11.8 Å². The van der Waals surface area contributed by atoms with Crippen LogP contribution in [0.4, 0.5) is 11.4 Å². The zero-order chi connectivity index (χ0) is 34.0. The molecule has 1 spiro atoms. The maximum Gasteiger partial charge on any atom is 0.251 e. The summed E-state index contributed by atoms with van der Waals surface area (Å²) >= 11 is 1.67. The Morgan fingerprint density at radius 3 is 2.31 bits per heavy atom. The fourth-order valence-corrected chi connectivity index (χ4v) is 10.6. The fraction of sp³-hybridized carbons (Fsp3) is 0.410. The minimum atomic E-state index is -0.771. The second-order valence-electron chi connectivity index (χ2n) is 12.9. The first-order valence-corrected chi connectivity index (χ1v) is 17.8. The van der Waals surface area contributed by atoms with Crippen molar-refractivity contribution in [2.24, 2.45) is 17.8 Å². The lowest BCUT2D eigenvalue weighted by molar-refractivity contribution is -0.139. The largest absolute Gasteiger partial charge is 0.494 e. The average molecular weight is 668 g/mol. The quantitative estimate of drug-likeness (QED) is 0.166. The van der Waals surface area contributed by atoms with E-state index >= 15 is 4.79 Å². The number of unbranched alkanes of at least 4 members (excludes halogenated alkanes) is 1. The Morgan fingerprint density at radius 2 is 1.65 bits per heavy atom. The molecule has 3 aliphatic heterocycles. The van der Waals surface area contributed by atoms with E-state index in [-0.39, 0.29) is 42.0 Å². The van der Waals surface area contributed by atoms with Gasteiger partial charge >= 0.3 is 0 Å². The Kier molecular flexibility index (Phi) is 9.99. The molecule has 9 heteroatoms. The minimum absolute atomic E-state index is 0.00182. The number of anilines is 2. The van der Waals surface area contributed by atoms with Crippen LogP contribution in [0.15, 0.2) is 92.0 Å². The number of carbonyl (C=O) groups is 3. The molecule has 252 valence electrons. The van der Waals surface area contributed by atoms with E-state index < -0.39 is 22.6 Å². The first-order chi connectivity index (χ1) is 23.3. The topological polar surface area (TPSA) is 90.4 Å². The molecule has 3 aliphatic rings. The predicted octanol–water partition coefficient (Wildman–Crippen LogP) is 6.09. The fourth-order valence-electron chi connectivity index (χ4n) is 8.18. The number of rotatable bonds is 14. The summed E-state index contributed by atoms with van der Waals surface area (Å²) in [6.45, 7) is 13.4. The van der Waals surface area contributed by atoms with Gasteiger partial charge in [-0.05, 0) is 79.3 Å². The van der Waals surface area contributed by atoms with E-state index in [2.05, 4.69) is 20.1 Å². The molecule has 8 nitrogen and oxygen atoms in total. The number of hydrogen-bond donors (Lipinski definition) is 1. The molecule has 48 heavy (non-hydrogen) atoms. The van der Waals surface area contributed by atoms with Crippen LogP contribution >= 0.6 is 11.8 Å². The van der Waals surface area contributed by atoms with Gasteiger partial charge in [-0.15, -0.1) is 24.9 Å². The highest BCUT2D eigenvalue weighted by Crippen LogP contribution is 2.69. The van der Waals surface area contributed by atoms with E-state index in [1.165, 1.54) is 0 Å². The van der Waals surface area contributed by atoms with Gasteiger partial charge in [-0.1, -0.05) is 49.4 Å². The number of fused-ring (bicyclic) bond motifs is 2. The van der Waals surface area contributed by atoms with Crippen molar-refractivity contribution in [1.82, 2.24) is 4.90 Å². The summed E-state index contributed by atoms with van der Waals surface area (Å²) in [4.78, 5) is 49.6. The van der Waals surface area contributed by atoms with Crippen molar-refractivity contribution >= 4 is 51.6 Å². The van der Waals surface area contributed by atoms with Gasteiger partial charge in [0.05, 0.1) is 23.2 Å². The molecule has 1 N–H and O–H groups in total.